The van der Waals surface area contributed by atoms with Crippen molar-refractivity contribution in [2.45, 2.75) is 19.8 Å². The minimum Gasteiger partial charge on any atom is -0.494 e. The van der Waals surface area contributed by atoms with Gasteiger partial charge in [-0.15, -0.1) is 0 Å². The molecule has 0 radical (unpaired) electrons. The topological polar surface area (TPSA) is 53.1 Å². The Kier molecular flexibility index (Phi) is 2.31. The zero-order valence-electron chi connectivity index (χ0n) is 6.42. The lowest BCUT2D eigenvalue weighted by molar-refractivity contribution is 0.444. The first-order chi connectivity index (χ1) is 5.24. The normalized spacial score (nSPS) is 9.91. The van der Waals surface area contributed by atoms with Gasteiger partial charge in [-0.2, -0.15) is 0 Å². The highest BCUT2D eigenvalue weighted by Crippen LogP contribution is 2.11. The summed E-state index contributed by atoms with van der Waals surface area (Å²) in [5, 5.41) is 9.17. The lowest BCUT2D eigenvalue weighted by Crippen LogP contribution is -2.03. The molecular formula is C8H11NO2. The van der Waals surface area contributed by atoms with Crippen molar-refractivity contribution in [1.29, 1.82) is 0 Å². The van der Waals surface area contributed by atoms with E-state index in [0.29, 0.717) is 0 Å². The molecule has 0 saturated heterocycles. The standard InChI is InChI=1S/C8H11NO2/c1-2-3-6-4-5-7(10)9-8(6)11/h4-5H,2-3H2,1H3,(H2,9,10,11). The number of pyridine rings is 1. The van der Waals surface area contributed by atoms with Crippen molar-refractivity contribution in [2.75, 3.05) is 0 Å². The predicted octanol–water partition coefficient (Wildman–Crippen LogP) is 1.03. The summed E-state index contributed by atoms with van der Waals surface area (Å²) in [6, 6.07) is 3.07. The SMILES string of the molecule is CCCc1ccc(=O)[nH]c1O. The average Bonchev–Trinajstić information content (AvgIpc) is 1.95. The van der Waals surface area contributed by atoms with Crippen LogP contribution >= 0.6 is 0 Å². The molecule has 3 heteroatoms. The molecule has 0 aliphatic heterocycles. The fraction of sp³-hybridized carbons (Fsp3) is 0.375. The molecule has 1 heterocycles. The third-order valence-corrected chi connectivity index (χ3v) is 1.50. The molecule has 1 aromatic rings. The Balaban J connectivity index is 2.99. The first kappa shape index (κ1) is 7.85. The molecule has 0 aliphatic rings. The number of nitrogens with one attached hydrogen (secondary N) is 1. The summed E-state index contributed by atoms with van der Waals surface area (Å²) in [6.07, 6.45) is 1.75. The van der Waals surface area contributed by atoms with Gasteiger partial charge in [-0.3, -0.25) is 9.78 Å². The van der Waals surface area contributed by atoms with Crippen LogP contribution < -0.4 is 5.56 Å². The maximum atomic E-state index is 10.6. The van der Waals surface area contributed by atoms with Crippen LogP contribution in [0.1, 0.15) is 18.9 Å². The quantitative estimate of drug-likeness (QED) is 0.666. The molecule has 0 bridgehead atoms. The second kappa shape index (κ2) is 3.23. The third kappa shape index (κ3) is 1.83. The lowest BCUT2D eigenvalue weighted by atomic mass is 10.2. The van der Waals surface area contributed by atoms with Crippen molar-refractivity contribution in [1.82, 2.24) is 4.98 Å². The van der Waals surface area contributed by atoms with E-state index in [9.17, 15) is 4.79 Å². The minimum absolute atomic E-state index is 0.000602. The largest absolute Gasteiger partial charge is 0.494 e. The molecule has 0 aliphatic carbocycles. The Bertz CT molecular complexity index is 290. The zero-order valence-corrected chi connectivity index (χ0v) is 6.42. The number of hydrogen-bond donors (Lipinski definition) is 2. The molecule has 0 amide bonds. The smallest absolute Gasteiger partial charge is 0.250 e. The molecule has 0 fully saturated rings. The van der Waals surface area contributed by atoms with Gasteiger partial charge in [0, 0.05) is 11.6 Å². The van der Waals surface area contributed by atoms with E-state index in [-0.39, 0.29) is 11.4 Å². The summed E-state index contributed by atoms with van der Waals surface area (Å²) < 4.78 is 0. The summed E-state index contributed by atoms with van der Waals surface area (Å²) in [6.45, 7) is 2.02. The van der Waals surface area contributed by atoms with Crippen LogP contribution in [0.3, 0.4) is 0 Å². The fourth-order valence-electron chi connectivity index (χ4n) is 0.965. The summed E-state index contributed by atoms with van der Waals surface area (Å²) >= 11 is 0. The second-order valence-corrected chi connectivity index (χ2v) is 2.45. The number of aromatic nitrogens is 1. The van der Waals surface area contributed by atoms with Gasteiger partial charge >= 0.3 is 0 Å². The first-order valence-electron chi connectivity index (χ1n) is 3.65. The summed E-state index contributed by atoms with van der Waals surface area (Å²) in [5.74, 6) is -0.000602. The summed E-state index contributed by atoms with van der Waals surface area (Å²) in [5.41, 5.74) is 0.537. The Morgan fingerprint density at radius 2 is 2.27 bits per heavy atom. The van der Waals surface area contributed by atoms with Crippen molar-refractivity contribution in [3.8, 4) is 5.88 Å². The van der Waals surface area contributed by atoms with E-state index in [1.807, 2.05) is 6.92 Å². The van der Waals surface area contributed by atoms with Crippen LogP contribution in [-0.4, -0.2) is 10.1 Å². The molecule has 60 valence electrons. The van der Waals surface area contributed by atoms with Crippen LogP contribution in [0.5, 0.6) is 5.88 Å². The summed E-state index contributed by atoms with van der Waals surface area (Å²) in [7, 11) is 0. The van der Waals surface area contributed by atoms with E-state index in [2.05, 4.69) is 4.98 Å². The Morgan fingerprint density at radius 1 is 1.55 bits per heavy atom. The molecule has 0 atom stereocenters. The van der Waals surface area contributed by atoms with Gasteiger partial charge < -0.3 is 5.11 Å². The van der Waals surface area contributed by atoms with Gasteiger partial charge in [0.25, 0.3) is 5.56 Å². The van der Waals surface area contributed by atoms with E-state index in [0.717, 1.165) is 18.4 Å². The number of aromatic hydroxyl groups is 1. The van der Waals surface area contributed by atoms with Crippen molar-refractivity contribution >= 4 is 0 Å². The van der Waals surface area contributed by atoms with Gasteiger partial charge in [0.05, 0.1) is 0 Å². The average molecular weight is 153 g/mol. The van der Waals surface area contributed by atoms with E-state index >= 15 is 0 Å². The number of H-pyrrole nitrogens is 1. The number of rotatable bonds is 2. The van der Waals surface area contributed by atoms with E-state index < -0.39 is 0 Å². The highest BCUT2D eigenvalue weighted by atomic mass is 16.3. The van der Waals surface area contributed by atoms with Crippen molar-refractivity contribution in [3.05, 3.63) is 28.0 Å². The van der Waals surface area contributed by atoms with Crippen LogP contribution in [0.4, 0.5) is 0 Å². The van der Waals surface area contributed by atoms with Crippen LogP contribution in [-0.2, 0) is 6.42 Å². The van der Waals surface area contributed by atoms with Crippen LogP contribution in [0, 0.1) is 0 Å². The maximum Gasteiger partial charge on any atom is 0.250 e. The summed E-state index contributed by atoms with van der Waals surface area (Å²) in [4.78, 5) is 13.0. The molecule has 1 rings (SSSR count). The first-order valence-corrected chi connectivity index (χ1v) is 3.65. The molecule has 2 N–H and O–H groups in total. The predicted molar refractivity (Wildman–Crippen MR) is 42.7 cm³/mol. The molecule has 11 heavy (non-hydrogen) atoms. The molecule has 3 nitrogen and oxygen atoms in total. The molecule has 0 unspecified atom stereocenters. The van der Waals surface area contributed by atoms with Crippen LogP contribution in [0.2, 0.25) is 0 Å². The molecule has 0 saturated carbocycles. The second-order valence-electron chi connectivity index (χ2n) is 2.45. The minimum atomic E-state index is -0.262. The molecular weight excluding hydrogens is 142 g/mol. The lowest BCUT2D eigenvalue weighted by Gasteiger charge is -1.99. The zero-order chi connectivity index (χ0) is 8.27. The Labute approximate surface area is 64.7 Å². The van der Waals surface area contributed by atoms with Crippen molar-refractivity contribution < 1.29 is 5.11 Å². The van der Waals surface area contributed by atoms with Crippen molar-refractivity contribution in [2.24, 2.45) is 0 Å². The Morgan fingerprint density at radius 3 is 2.82 bits per heavy atom. The van der Waals surface area contributed by atoms with Gasteiger partial charge in [0.15, 0.2) is 5.88 Å². The van der Waals surface area contributed by atoms with E-state index in [1.54, 1.807) is 6.07 Å². The number of aromatic amines is 1. The van der Waals surface area contributed by atoms with Gasteiger partial charge in [0.2, 0.25) is 0 Å². The van der Waals surface area contributed by atoms with Crippen LogP contribution in [0.25, 0.3) is 0 Å². The van der Waals surface area contributed by atoms with Gasteiger partial charge in [-0.05, 0) is 12.5 Å². The van der Waals surface area contributed by atoms with Crippen molar-refractivity contribution in [3.63, 3.8) is 0 Å². The monoisotopic (exact) mass is 153 g/mol. The van der Waals surface area contributed by atoms with Gasteiger partial charge in [-0.25, -0.2) is 0 Å². The van der Waals surface area contributed by atoms with E-state index in [4.69, 9.17) is 5.11 Å². The molecule has 0 aromatic carbocycles. The maximum absolute atomic E-state index is 10.6. The third-order valence-electron chi connectivity index (χ3n) is 1.50. The Hall–Kier alpha value is -1.25. The number of hydrogen-bond acceptors (Lipinski definition) is 2. The highest BCUT2D eigenvalue weighted by Gasteiger charge is 1.98. The van der Waals surface area contributed by atoms with Gasteiger partial charge in [-0.1, -0.05) is 13.3 Å². The number of aryl methyl sites for hydroxylation is 1. The van der Waals surface area contributed by atoms with E-state index in [1.165, 1.54) is 6.07 Å². The van der Waals surface area contributed by atoms with Crippen LogP contribution in [0.15, 0.2) is 16.9 Å². The molecule has 1 aromatic heterocycles. The fourth-order valence-corrected chi connectivity index (χ4v) is 0.965. The van der Waals surface area contributed by atoms with Gasteiger partial charge in [0.1, 0.15) is 0 Å². The molecule has 0 spiro atoms. The highest BCUT2D eigenvalue weighted by molar-refractivity contribution is 5.23.